The van der Waals surface area contributed by atoms with Crippen LogP contribution in [0.3, 0.4) is 0 Å². The molecule has 0 amide bonds. The largest absolute Gasteiger partial charge is 0.380 e. The van der Waals surface area contributed by atoms with Crippen molar-refractivity contribution in [2.45, 2.75) is 31.1 Å². The lowest BCUT2D eigenvalue weighted by molar-refractivity contribution is 0.0386. The van der Waals surface area contributed by atoms with E-state index in [1.165, 1.54) is 0 Å². The Bertz CT molecular complexity index is 596. The summed E-state index contributed by atoms with van der Waals surface area (Å²) in [5, 5.41) is 8.72. The Morgan fingerprint density at radius 2 is 2.10 bits per heavy atom. The molecule has 1 aromatic rings. The summed E-state index contributed by atoms with van der Waals surface area (Å²) in [7, 11) is -3.43. The van der Waals surface area contributed by atoms with E-state index in [0.717, 1.165) is 12.8 Å². The Morgan fingerprint density at radius 3 is 2.65 bits per heavy atom. The fourth-order valence-corrected chi connectivity index (χ4v) is 3.94. The third-order valence-electron chi connectivity index (χ3n) is 3.28. The van der Waals surface area contributed by atoms with Crippen molar-refractivity contribution in [3.05, 3.63) is 35.4 Å². The van der Waals surface area contributed by atoms with Gasteiger partial charge in [-0.2, -0.15) is 5.26 Å². The Kier molecular flexibility index (Phi) is 4.43. The summed E-state index contributed by atoms with van der Waals surface area (Å²) in [5.41, 5.74) is 0.660. The van der Waals surface area contributed by atoms with Gasteiger partial charge in [0.05, 0.1) is 29.5 Å². The van der Waals surface area contributed by atoms with E-state index in [0.29, 0.717) is 24.3 Å². The smallest absolute Gasteiger partial charge is 0.216 e. The zero-order valence-electron chi connectivity index (χ0n) is 11.4. The van der Waals surface area contributed by atoms with Crippen LogP contribution in [-0.2, 0) is 20.5 Å². The molecule has 0 spiro atoms. The first kappa shape index (κ1) is 15.0. The minimum absolute atomic E-state index is 0.0890. The van der Waals surface area contributed by atoms with Gasteiger partial charge < -0.3 is 4.74 Å². The fourth-order valence-electron chi connectivity index (χ4n) is 2.32. The number of nitriles is 1. The predicted octanol–water partition coefficient (Wildman–Crippen LogP) is 1.55. The van der Waals surface area contributed by atoms with Gasteiger partial charge in [-0.05, 0) is 37.5 Å². The number of benzene rings is 1. The van der Waals surface area contributed by atoms with Crippen molar-refractivity contribution in [3.63, 3.8) is 0 Å². The van der Waals surface area contributed by atoms with E-state index in [1.807, 2.05) is 13.0 Å². The summed E-state index contributed by atoms with van der Waals surface area (Å²) in [5.74, 6) is -0.0890. The van der Waals surface area contributed by atoms with E-state index in [9.17, 15) is 8.42 Å². The summed E-state index contributed by atoms with van der Waals surface area (Å²) in [6, 6.07) is 8.58. The molecule has 1 aliphatic rings. The van der Waals surface area contributed by atoms with Gasteiger partial charge in [0.25, 0.3) is 0 Å². The second-order valence-corrected chi connectivity index (χ2v) is 7.11. The maximum atomic E-state index is 12.2. The van der Waals surface area contributed by atoms with Crippen LogP contribution in [0.25, 0.3) is 0 Å². The first-order valence-corrected chi connectivity index (χ1v) is 8.16. The Hall–Kier alpha value is -1.42. The van der Waals surface area contributed by atoms with Crippen LogP contribution < -0.4 is 4.72 Å². The number of sulfonamides is 1. The number of nitrogens with one attached hydrogen (secondary N) is 1. The van der Waals surface area contributed by atoms with Crippen molar-refractivity contribution in [1.82, 2.24) is 4.72 Å². The second-order valence-electron chi connectivity index (χ2n) is 5.39. The molecule has 108 valence electrons. The molecule has 1 unspecified atom stereocenters. The monoisotopic (exact) mass is 294 g/mol. The van der Waals surface area contributed by atoms with Crippen LogP contribution in [0.1, 0.15) is 30.9 Å². The van der Waals surface area contributed by atoms with E-state index in [2.05, 4.69) is 4.72 Å². The molecular formula is C14H18N2O3S. The highest BCUT2D eigenvalue weighted by Gasteiger charge is 2.32. The van der Waals surface area contributed by atoms with Gasteiger partial charge in [0.15, 0.2) is 0 Å². The highest BCUT2D eigenvalue weighted by Crippen LogP contribution is 2.20. The summed E-state index contributed by atoms with van der Waals surface area (Å²) < 4.78 is 32.5. The van der Waals surface area contributed by atoms with Crippen molar-refractivity contribution in [3.8, 4) is 6.07 Å². The number of rotatable bonds is 4. The number of nitrogens with zero attached hydrogens (tertiary/aromatic N) is 1. The van der Waals surface area contributed by atoms with E-state index < -0.39 is 15.6 Å². The summed E-state index contributed by atoms with van der Waals surface area (Å²) in [6.45, 7) is 2.95. The molecule has 1 atom stereocenters. The summed E-state index contributed by atoms with van der Waals surface area (Å²) >= 11 is 0. The molecule has 1 heterocycles. The van der Waals surface area contributed by atoms with Gasteiger partial charge >= 0.3 is 0 Å². The molecular weight excluding hydrogens is 276 g/mol. The van der Waals surface area contributed by atoms with E-state index in [4.69, 9.17) is 10.00 Å². The minimum Gasteiger partial charge on any atom is -0.380 e. The highest BCUT2D eigenvalue weighted by molar-refractivity contribution is 7.88. The number of hydrogen-bond acceptors (Lipinski definition) is 4. The van der Waals surface area contributed by atoms with Gasteiger partial charge in [0.1, 0.15) is 0 Å². The molecule has 1 aliphatic heterocycles. The SMILES string of the molecule is CC1(NS(=O)(=O)Cc2ccc(C#N)cc2)CCCOC1. The first-order chi connectivity index (χ1) is 9.42. The molecule has 1 fully saturated rings. The van der Waals surface area contributed by atoms with E-state index in [1.54, 1.807) is 24.3 Å². The summed E-state index contributed by atoms with van der Waals surface area (Å²) in [6.07, 6.45) is 1.63. The lowest BCUT2D eigenvalue weighted by Crippen LogP contribution is -2.51. The zero-order valence-corrected chi connectivity index (χ0v) is 12.2. The van der Waals surface area contributed by atoms with Crippen LogP contribution in [0.4, 0.5) is 0 Å². The number of ether oxygens (including phenoxy) is 1. The molecule has 0 saturated carbocycles. The summed E-state index contributed by atoms with van der Waals surface area (Å²) in [4.78, 5) is 0. The van der Waals surface area contributed by atoms with Gasteiger partial charge in [0.2, 0.25) is 10.0 Å². The van der Waals surface area contributed by atoms with Crippen molar-refractivity contribution in [2.24, 2.45) is 0 Å². The van der Waals surface area contributed by atoms with E-state index >= 15 is 0 Å². The van der Waals surface area contributed by atoms with Gasteiger partial charge in [-0.25, -0.2) is 13.1 Å². The molecule has 0 aliphatic carbocycles. The number of hydrogen-bond donors (Lipinski definition) is 1. The Labute approximate surface area is 119 Å². The van der Waals surface area contributed by atoms with Crippen molar-refractivity contribution < 1.29 is 13.2 Å². The molecule has 0 radical (unpaired) electrons. The maximum absolute atomic E-state index is 12.2. The van der Waals surface area contributed by atoms with Crippen molar-refractivity contribution >= 4 is 10.0 Å². The molecule has 2 rings (SSSR count). The lowest BCUT2D eigenvalue weighted by atomic mass is 9.97. The van der Waals surface area contributed by atoms with Crippen LogP contribution in [0.2, 0.25) is 0 Å². The molecule has 0 aromatic heterocycles. The molecule has 20 heavy (non-hydrogen) atoms. The third kappa shape index (κ3) is 4.04. The molecule has 1 aromatic carbocycles. The molecule has 0 bridgehead atoms. The minimum atomic E-state index is -3.43. The van der Waals surface area contributed by atoms with Crippen LogP contribution in [-0.4, -0.2) is 27.2 Å². The predicted molar refractivity (Wildman–Crippen MR) is 75.4 cm³/mol. The first-order valence-electron chi connectivity index (χ1n) is 6.51. The van der Waals surface area contributed by atoms with Crippen LogP contribution >= 0.6 is 0 Å². The van der Waals surface area contributed by atoms with Crippen LogP contribution in [0.15, 0.2) is 24.3 Å². The third-order valence-corrected chi connectivity index (χ3v) is 4.80. The lowest BCUT2D eigenvalue weighted by Gasteiger charge is -2.33. The van der Waals surface area contributed by atoms with Crippen LogP contribution in [0.5, 0.6) is 0 Å². The molecule has 1 N–H and O–H groups in total. The molecule has 5 nitrogen and oxygen atoms in total. The average Bonchev–Trinajstić information content (AvgIpc) is 2.38. The highest BCUT2D eigenvalue weighted by atomic mass is 32.2. The maximum Gasteiger partial charge on any atom is 0.216 e. The topological polar surface area (TPSA) is 79.2 Å². The molecule has 1 saturated heterocycles. The van der Waals surface area contributed by atoms with Crippen molar-refractivity contribution in [2.75, 3.05) is 13.2 Å². The van der Waals surface area contributed by atoms with Gasteiger partial charge in [-0.15, -0.1) is 0 Å². The standard InChI is InChI=1S/C14H18N2O3S/c1-14(7-2-8-19-11-14)16-20(17,18)10-13-5-3-12(9-15)4-6-13/h3-6,16H,2,7-8,10-11H2,1H3. The Balaban J connectivity index is 2.04. The quantitative estimate of drug-likeness (QED) is 0.913. The van der Waals surface area contributed by atoms with Gasteiger partial charge in [0, 0.05) is 6.61 Å². The zero-order chi connectivity index (χ0) is 14.6. The van der Waals surface area contributed by atoms with Gasteiger partial charge in [-0.3, -0.25) is 0 Å². The van der Waals surface area contributed by atoms with Gasteiger partial charge in [-0.1, -0.05) is 12.1 Å². The van der Waals surface area contributed by atoms with Crippen molar-refractivity contribution in [1.29, 1.82) is 5.26 Å². The Morgan fingerprint density at radius 1 is 1.40 bits per heavy atom. The van der Waals surface area contributed by atoms with Crippen LogP contribution in [0, 0.1) is 11.3 Å². The normalized spacial score (nSPS) is 23.2. The fraction of sp³-hybridized carbons (Fsp3) is 0.500. The average molecular weight is 294 g/mol. The second kappa shape index (κ2) is 5.92. The molecule has 6 heteroatoms. The van der Waals surface area contributed by atoms with E-state index in [-0.39, 0.29) is 5.75 Å².